The molecular weight excluding hydrogens is 747 g/mol. The topological polar surface area (TPSA) is 190 Å². The highest BCUT2D eigenvalue weighted by atomic mass is 32.2. The largest absolute Gasteiger partial charge is 0.508 e. The Labute approximate surface area is 334 Å². The molecule has 4 heterocycles. The Morgan fingerprint density at radius 1 is 1.07 bits per heavy atom. The van der Waals surface area contributed by atoms with Crippen LogP contribution in [-0.2, 0) is 28.2 Å². The number of fused-ring (bicyclic) bond motifs is 5. The molecule has 0 amide bonds. The predicted molar refractivity (Wildman–Crippen MR) is 214 cm³/mol. The van der Waals surface area contributed by atoms with Gasteiger partial charge < -0.3 is 29.6 Å². The van der Waals surface area contributed by atoms with E-state index in [0.717, 1.165) is 50.6 Å². The van der Waals surface area contributed by atoms with Crippen molar-refractivity contribution in [2.45, 2.75) is 108 Å². The smallest absolute Gasteiger partial charge is 0.277 e. The number of nitrogens with zero attached hydrogens (tertiary/aromatic N) is 6. The summed E-state index contributed by atoms with van der Waals surface area (Å²) in [6.45, 7) is 11.1. The van der Waals surface area contributed by atoms with Crippen LogP contribution in [0.3, 0.4) is 0 Å². The number of likely N-dealkylation sites (N-methyl/N-ethyl adjacent to an activating group) is 1. The lowest BCUT2D eigenvalue weighted by atomic mass is 9.45. The van der Waals surface area contributed by atoms with E-state index < -0.39 is 10.0 Å². The molecule has 4 aliphatic carbocycles. The number of nitrogens with one attached hydrogen (secondary N) is 1. The molecule has 2 aromatic heterocycles. The molecular formula is C42H57N7O7S. The van der Waals surface area contributed by atoms with Crippen molar-refractivity contribution in [3.8, 4) is 23.2 Å². The zero-order valence-corrected chi connectivity index (χ0v) is 34.9. The van der Waals surface area contributed by atoms with Crippen LogP contribution in [0.4, 0.5) is 0 Å². The Morgan fingerprint density at radius 2 is 1.82 bits per heavy atom. The molecule has 0 unspecified atom stereocenters. The molecule has 1 aromatic carbocycles. The number of aliphatic hydroxyl groups excluding tert-OH is 2. The number of aryl methyl sites for hydroxylation is 2. The summed E-state index contributed by atoms with van der Waals surface area (Å²) in [5, 5.41) is 34.8. The average molecular weight is 804 g/mol. The van der Waals surface area contributed by atoms with Crippen LogP contribution >= 0.6 is 0 Å². The molecule has 0 radical (unpaired) electrons. The fraction of sp³-hybridized carbons (Fsp3) is 0.667. The Morgan fingerprint density at radius 3 is 2.53 bits per heavy atom. The Kier molecular flexibility index (Phi) is 10.2. The first-order valence-electron chi connectivity index (χ1n) is 20.7. The number of ether oxygens (including phenoxy) is 2. The normalized spacial score (nSPS) is 33.7. The third-order valence-corrected chi connectivity index (χ3v) is 16.7. The fourth-order valence-electron chi connectivity index (χ4n) is 11.6. The molecule has 14 nitrogen and oxygen atoms in total. The number of hydrogen-bond donors (Lipinski definition) is 3. The molecule has 308 valence electrons. The minimum atomic E-state index is -3.70. The van der Waals surface area contributed by atoms with Crippen LogP contribution in [-0.4, -0.2) is 105 Å². The van der Waals surface area contributed by atoms with Crippen LogP contribution < -0.4 is 10.3 Å². The van der Waals surface area contributed by atoms with Crippen LogP contribution in [0.25, 0.3) is 22.4 Å². The summed E-state index contributed by atoms with van der Waals surface area (Å²) in [6, 6.07) is 6.95. The lowest BCUT2D eigenvalue weighted by molar-refractivity contribution is -0.116. The van der Waals surface area contributed by atoms with Crippen molar-refractivity contribution in [2.75, 3.05) is 39.8 Å². The molecule has 8 atom stereocenters. The molecule has 3 saturated carbocycles. The molecule has 2 aliphatic heterocycles. The maximum Gasteiger partial charge on any atom is 0.277 e. The van der Waals surface area contributed by atoms with E-state index in [1.807, 2.05) is 20.9 Å². The van der Waals surface area contributed by atoms with Crippen LogP contribution in [0.1, 0.15) is 84.8 Å². The van der Waals surface area contributed by atoms with Crippen LogP contribution in [0.15, 0.2) is 39.2 Å². The summed E-state index contributed by atoms with van der Waals surface area (Å²) < 4.78 is 41.6. The predicted octanol–water partition coefficient (Wildman–Crippen LogP) is 5.08. The number of benzene rings is 1. The van der Waals surface area contributed by atoms with Crippen molar-refractivity contribution >= 4 is 21.1 Å². The second kappa shape index (κ2) is 14.5. The summed E-state index contributed by atoms with van der Waals surface area (Å²) in [7, 11) is -0.00831. The summed E-state index contributed by atoms with van der Waals surface area (Å²) >= 11 is 0. The Hall–Kier alpha value is -3.81. The quantitative estimate of drug-likeness (QED) is 0.270. The highest BCUT2D eigenvalue weighted by molar-refractivity contribution is 7.89. The van der Waals surface area contributed by atoms with Crippen molar-refractivity contribution in [3.05, 3.63) is 45.6 Å². The number of aromatic nitrogens is 4. The first-order chi connectivity index (χ1) is 27.1. The van der Waals surface area contributed by atoms with Gasteiger partial charge in [-0.05, 0) is 107 Å². The van der Waals surface area contributed by atoms with Crippen molar-refractivity contribution in [1.29, 1.82) is 5.26 Å². The summed E-state index contributed by atoms with van der Waals surface area (Å²) in [5.41, 5.74) is 2.08. The molecule has 6 aliphatic rings. The van der Waals surface area contributed by atoms with E-state index in [2.05, 4.69) is 34.9 Å². The summed E-state index contributed by atoms with van der Waals surface area (Å²) in [4.78, 5) is 22.7. The number of allylic oxidation sites excluding steroid dienone is 1. The van der Waals surface area contributed by atoms with E-state index in [1.165, 1.54) is 8.99 Å². The number of piperazine rings is 1. The maximum absolute atomic E-state index is 13.3. The first kappa shape index (κ1) is 40.0. The Balaban J connectivity index is 0.000000167. The Bertz CT molecular complexity index is 2310. The van der Waals surface area contributed by atoms with E-state index in [0.29, 0.717) is 91.3 Å². The number of nitriles is 1. The minimum absolute atomic E-state index is 0.0489. The fourth-order valence-corrected chi connectivity index (χ4v) is 13.0. The van der Waals surface area contributed by atoms with Crippen LogP contribution in [0.5, 0.6) is 5.75 Å². The van der Waals surface area contributed by atoms with E-state index >= 15 is 0 Å². The number of aromatic amines is 1. The average Bonchev–Trinajstić information content (AvgIpc) is 3.75. The van der Waals surface area contributed by atoms with Gasteiger partial charge in [-0.3, -0.25) is 9.48 Å². The van der Waals surface area contributed by atoms with Gasteiger partial charge in [0.2, 0.25) is 10.0 Å². The van der Waals surface area contributed by atoms with Gasteiger partial charge in [-0.1, -0.05) is 27.2 Å². The van der Waals surface area contributed by atoms with E-state index in [9.17, 15) is 28.7 Å². The summed E-state index contributed by atoms with van der Waals surface area (Å²) in [5.74, 6) is 2.68. The molecule has 2 saturated heterocycles. The van der Waals surface area contributed by atoms with Gasteiger partial charge in [-0.25, -0.2) is 13.4 Å². The number of H-pyrrole nitrogens is 1. The van der Waals surface area contributed by atoms with Gasteiger partial charge in [-0.15, -0.1) is 0 Å². The van der Waals surface area contributed by atoms with Gasteiger partial charge >= 0.3 is 0 Å². The lowest BCUT2D eigenvalue weighted by Crippen LogP contribution is -2.57. The number of aliphatic hydroxyl groups is 2. The first-order valence-corrected chi connectivity index (χ1v) is 22.2. The number of epoxide rings is 1. The van der Waals surface area contributed by atoms with Gasteiger partial charge in [-0.2, -0.15) is 14.7 Å². The number of sulfonamides is 1. The highest BCUT2D eigenvalue weighted by Gasteiger charge is 2.76. The van der Waals surface area contributed by atoms with Gasteiger partial charge in [0.05, 0.1) is 40.5 Å². The molecule has 3 aromatic rings. The molecule has 9 rings (SSSR count). The van der Waals surface area contributed by atoms with Crippen LogP contribution in [0.2, 0.25) is 0 Å². The van der Waals surface area contributed by atoms with Gasteiger partial charge in [0, 0.05) is 38.6 Å². The molecule has 0 bridgehead atoms. The molecule has 57 heavy (non-hydrogen) atoms. The molecule has 3 N–H and O–H groups in total. The molecule has 1 spiro atoms. The SMILES string of the molecule is CCCc1nn(C)c2c(=O)[nH]c(-c3cc(S(=O)(=O)N4CCN(C)CC4)ccc3OCC)nc12.C[C@]12CC[C@H]3[C@@H](CC[C@@]45O[C@@H]4C(O)=C(C#N)C[C@]35C)[C@@H]1CC[C@@H]2O. The van der Waals surface area contributed by atoms with Crippen molar-refractivity contribution in [2.24, 2.45) is 35.6 Å². The van der Waals surface area contributed by atoms with E-state index in [4.69, 9.17) is 14.5 Å². The number of hydrogen-bond acceptors (Lipinski definition) is 11. The van der Waals surface area contributed by atoms with Crippen molar-refractivity contribution < 1.29 is 28.1 Å². The second-order valence-corrected chi connectivity index (χ2v) is 19.7. The standard InChI is InChI=1S/C22H30N6O4S.C20H27NO3/c1-5-7-17-19-20(27(4)25-17)22(29)24-21(23-19)16-14-15(8-9-18(16)32-6-2)33(30,31)28-12-10-26(3)11-13-28;1-18-7-6-14-12(13(18)3-4-15(18)22)5-8-20-17(24-20)16(23)11(10-21)9-19(14,20)2/h8-9,14H,5-7,10-13H2,1-4H3,(H,23,24,29);12-15,17,22-23H,3-9H2,1-2H3/t;12-,13-,14-,15-,17+,18-,19+,20+/m.0/s1. The lowest BCUT2D eigenvalue weighted by Gasteiger charge is -2.58. The van der Waals surface area contributed by atoms with E-state index in [1.54, 1.807) is 25.2 Å². The second-order valence-electron chi connectivity index (χ2n) is 17.7. The monoisotopic (exact) mass is 803 g/mol. The molecule has 15 heteroatoms. The van der Waals surface area contributed by atoms with Crippen molar-refractivity contribution in [3.63, 3.8) is 0 Å². The number of rotatable bonds is 7. The zero-order valence-electron chi connectivity index (χ0n) is 34.0. The van der Waals surface area contributed by atoms with Gasteiger partial charge in [0.1, 0.15) is 34.6 Å². The maximum atomic E-state index is 13.3. The third-order valence-electron chi connectivity index (χ3n) is 14.8. The van der Waals surface area contributed by atoms with Crippen LogP contribution in [0, 0.1) is 39.9 Å². The highest BCUT2D eigenvalue weighted by Crippen LogP contribution is 2.73. The van der Waals surface area contributed by atoms with Gasteiger partial charge in [0.25, 0.3) is 5.56 Å². The molecule has 5 fully saturated rings. The summed E-state index contributed by atoms with van der Waals surface area (Å²) in [6.07, 6.45) is 8.20. The van der Waals surface area contributed by atoms with Crippen molar-refractivity contribution in [1.82, 2.24) is 29.0 Å². The van der Waals surface area contributed by atoms with E-state index in [-0.39, 0.29) is 50.7 Å². The third kappa shape index (κ3) is 6.24. The zero-order chi connectivity index (χ0) is 40.7. The van der Waals surface area contributed by atoms with Gasteiger partial charge in [0.15, 0.2) is 5.52 Å². The minimum Gasteiger partial charge on any atom is -0.508 e.